The van der Waals surface area contributed by atoms with Crippen LogP contribution in [-0.2, 0) is 0 Å². The monoisotopic (exact) mass is 353 g/mol. The molecule has 26 heavy (non-hydrogen) atoms. The van der Waals surface area contributed by atoms with Crippen molar-refractivity contribution in [3.8, 4) is 17.2 Å². The van der Waals surface area contributed by atoms with Crippen molar-refractivity contribution >= 4 is 16.6 Å². The molecular formula is C20H19NO5. The number of aliphatic hydroxyl groups is 1. The summed E-state index contributed by atoms with van der Waals surface area (Å²) in [6.07, 6.45) is 0.152. The molecule has 3 rings (SSSR count). The number of carbonyl (C=O) groups excluding carboxylic acids is 1. The Balaban J connectivity index is 2.04. The topological polar surface area (TPSA) is 77.9 Å². The van der Waals surface area contributed by atoms with Crippen LogP contribution in [-0.4, -0.2) is 37.2 Å². The highest BCUT2D eigenvalue weighted by molar-refractivity contribution is 6.02. The smallest absolute Gasteiger partial charge is 0.197 e. The summed E-state index contributed by atoms with van der Waals surface area (Å²) in [6, 6.07) is 11.8. The molecule has 0 aliphatic heterocycles. The normalized spacial score (nSPS) is 11.8. The molecule has 1 unspecified atom stereocenters. The summed E-state index contributed by atoms with van der Waals surface area (Å²) in [7, 11) is 4.62. The van der Waals surface area contributed by atoms with Gasteiger partial charge >= 0.3 is 0 Å². The van der Waals surface area contributed by atoms with Crippen molar-refractivity contribution in [1.82, 2.24) is 4.98 Å². The molecule has 0 bridgehead atoms. The summed E-state index contributed by atoms with van der Waals surface area (Å²) in [6.45, 7) is 0. The Labute approximate surface area is 151 Å². The zero-order valence-electron chi connectivity index (χ0n) is 14.7. The SMILES string of the molecule is COc1ccc(C(=O)C(O)c2nccc3cc(OC)c(OC)cc23)cc1. The van der Waals surface area contributed by atoms with Gasteiger partial charge in [0.15, 0.2) is 23.4 Å². The lowest BCUT2D eigenvalue weighted by Crippen LogP contribution is -2.14. The first-order valence-corrected chi connectivity index (χ1v) is 7.96. The molecule has 134 valence electrons. The molecule has 0 saturated carbocycles. The van der Waals surface area contributed by atoms with Crippen LogP contribution in [0.5, 0.6) is 17.2 Å². The highest BCUT2D eigenvalue weighted by Crippen LogP contribution is 2.35. The molecule has 0 spiro atoms. The van der Waals surface area contributed by atoms with Crippen molar-refractivity contribution < 1.29 is 24.1 Å². The maximum absolute atomic E-state index is 12.7. The molecule has 1 aromatic heterocycles. The molecule has 1 heterocycles. The number of Topliss-reactive ketones (excluding diaryl/α,β-unsaturated/α-hetero) is 1. The fourth-order valence-corrected chi connectivity index (χ4v) is 2.78. The quantitative estimate of drug-likeness (QED) is 0.686. The van der Waals surface area contributed by atoms with Crippen molar-refractivity contribution in [1.29, 1.82) is 0 Å². The Hall–Kier alpha value is -3.12. The van der Waals surface area contributed by atoms with E-state index in [4.69, 9.17) is 14.2 Å². The molecule has 0 saturated heterocycles. The number of methoxy groups -OCH3 is 3. The lowest BCUT2D eigenvalue weighted by atomic mass is 9.99. The van der Waals surface area contributed by atoms with Crippen LogP contribution in [0.4, 0.5) is 0 Å². The second-order valence-electron chi connectivity index (χ2n) is 5.62. The molecule has 3 aromatic rings. The second kappa shape index (κ2) is 7.41. The molecule has 0 fully saturated rings. The van der Waals surface area contributed by atoms with Gasteiger partial charge in [-0.05, 0) is 47.9 Å². The van der Waals surface area contributed by atoms with E-state index in [0.717, 1.165) is 5.39 Å². The Morgan fingerprint density at radius 3 is 2.23 bits per heavy atom. The third-order valence-corrected chi connectivity index (χ3v) is 4.18. The minimum atomic E-state index is -1.40. The molecule has 0 aliphatic rings. The van der Waals surface area contributed by atoms with E-state index in [1.807, 2.05) is 0 Å². The first-order chi connectivity index (χ1) is 12.6. The van der Waals surface area contributed by atoms with Crippen LogP contribution in [0.25, 0.3) is 10.8 Å². The number of ketones is 1. The molecule has 2 aromatic carbocycles. The Kier molecular flexibility index (Phi) is 5.04. The van der Waals surface area contributed by atoms with Crippen LogP contribution in [0.15, 0.2) is 48.7 Å². The maximum Gasteiger partial charge on any atom is 0.197 e. The van der Waals surface area contributed by atoms with Crippen LogP contribution < -0.4 is 14.2 Å². The van der Waals surface area contributed by atoms with E-state index in [9.17, 15) is 9.90 Å². The zero-order valence-corrected chi connectivity index (χ0v) is 14.7. The number of fused-ring (bicyclic) bond motifs is 1. The van der Waals surface area contributed by atoms with E-state index >= 15 is 0 Å². The van der Waals surface area contributed by atoms with Crippen molar-refractivity contribution in [3.63, 3.8) is 0 Å². The number of carbonyl (C=O) groups is 1. The zero-order chi connectivity index (χ0) is 18.7. The van der Waals surface area contributed by atoms with Crippen LogP contribution >= 0.6 is 0 Å². The third-order valence-electron chi connectivity index (χ3n) is 4.18. The third kappa shape index (κ3) is 3.19. The largest absolute Gasteiger partial charge is 0.497 e. The predicted octanol–water partition coefficient (Wildman–Crippen LogP) is 3.18. The second-order valence-corrected chi connectivity index (χ2v) is 5.62. The number of benzene rings is 2. The van der Waals surface area contributed by atoms with Crippen molar-refractivity contribution in [2.75, 3.05) is 21.3 Å². The first kappa shape index (κ1) is 17.7. The highest BCUT2D eigenvalue weighted by Gasteiger charge is 2.23. The number of pyridine rings is 1. The van der Waals surface area contributed by atoms with Gasteiger partial charge in [0, 0.05) is 17.1 Å². The van der Waals surface area contributed by atoms with Gasteiger partial charge in [-0.3, -0.25) is 9.78 Å². The highest BCUT2D eigenvalue weighted by atomic mass is 16.5. The summed E-state index contributed by atoms with van der Waals surface area (Å²) in [4.78, 5) is 16.9. The number of hydrogen-bond acceptors (Lipinski definition) is 6. The number of hydrogen-bond donors (Lipinski definition) is 1. The lowest BCUT2D eigenvalue weighted by Gasteiger charge is -2.14. The Morgan fingerprint density at radius 1 is 0.962 bits per heavy atom. The van der Waals surface area contributed by atoms with Gasteiger partial charge in [-0.25, -0.2) is 0 Å². The van der Waals surface area contributed by atoms with Gasteiger partial charge < -0.3 is 19.3 Å². The maximum atomic E-state index is 12.7. The molecule has 1 atom stereocenters. The minimum absolute atomic E-state index is 0.268. The van der Waals surface area contributed by atoms with E-state index in [2.05, 4.69) is 4.98 Å². The van der Waals surface area contributed by atoms with Crippen LogP contribution in [0.3, 0.4) is 0 Å². The average molecular weight is 353 g/mol. The molecule has 0 aliphatic carbocycles. The fourth-order valence-electron chi connectivity index (χ4n) is 2.78. The van der Waals surface area contributed by atoms with Gasteiger partial charge in [0.1, 0.15) is 5.75 Å². The molecule has 1 N–H and O–H groups in total. The number of aromatic nitrogens is 1. The Morgan fingerprint density at radius 2 is 1.62 bits per heavy atom. The van der Waals surface area contributed by atoms with Gasteiger partial charge in [0.05, 0.1) is 27.0 Å². The summed E-state index contributed by atoms with van der Waals surface area (Å²) in [5.74, 6) is 1.25. The predicted molar refractivity (Wildman–Crippen MR) is 97.1 cm³/mol. The lowest BCUT2D eigenvalue weighted by molar-refractivity contribution is 0.0742. The van der Waals surface area contributed by atoms with E-state index in [1.54, 1.807) is 62.9 Å². The van der Waals surface area contributed by atoms with E-state index in [-0.39, 0.29) is 5.69 Å². The van der Waals surface area contributed by atoms with Crippen molar-refractivity contribution in [3.05, 3.63) is 59.9 Å². The van der Waals surface area contributed by atoms with Crippen LogP contribution in [0.2, 0.25) is 0 Å². The minimum Gasteiger partial charge on any atom is -0.497 e. The van der Waals surface area contributed by atoms with Gasteiger partial charge in [-0.15, -0.1) is 0 Å². The number of nitrogens with zero attached hydrogens (tertiary/aromatic N) is 1. The summed E-state index contributed by atoms with van der Waals surface area (Å²) >= 11 is 0. The summed E-state index contributed by atoms with van der Waals surface area (Å²) in [5, 5.41) is 12.1. The number of rotatable bonds is 6. The molecule has 6 nitrogen and oxygen atoms in total. The first-order valence-electron chi connectivity index (χ1n) is 7.96. The number of aliphatic hydroxyl groups excluding tert-OH is 1. The van der Waals surface area contributed by atoms with E-state index in [0.29, 0.717) is 28.2 Å². The van der Waals surface area contributed by atoms with Gasteiger partial charge in [-0.2, -0.15) is 0 Å². The average Bonchev–Trinajstić information content (AvgIpc) is 2.71. The van der Waals surface area contributed by atoms with E-state index in [1.165, 1.54) is 7.11 Å². The van der Waals surface area contributed by atoms with Crippen LogP contribution in [0, 0.1) is 0 Å². The summed E-state index contributed by atoms with van der Waals surface area (Å²) < 4.78 is 15.7. The number of ether oxygens (including phenoxy) is 3. The molecule has 0 radical (unpaired) electrons. The van der Waals surface area contributed by atoms with Crippen molar-refractivity contribution in [2.45, 2.75) is 6.10 Å². The molecular weight excluding hydrogens is 334 g/mol. The van der Waals surface area contributed by atoms with Crippen LogP contribution in [0.1, 0.15) is 22.2 Å². The molecule has 6 heteroatoms. The van der Waals surface area contributed by atoms with Gasteiger partial charge in [-0.1, -0.05) is 0 Å². The van der Waals surface area contributed by atoms with Gasteiger partial charge in [0.25, 0.3) is 0 Å². The van der Waals surface area contributed by atoms with Gasteiger partial charge in [0.2, 0.25) is 0 Å². The fraction of sp³-hybridized carbons (Fsp3) is 0.200. The Bertz CT molecular complexity index is 937. The van der Waals surface area contributed by atoms with E-state index < -0.39 is 11.9 Å². The van der Waals surface area contributed by atoms with Crippen molar-refractivity contribution in [2.24, 2.45) is 0 Å². The molecule has 0 amide bonds. The standard InChI is InChI=1S/C20H19NO5/c1-24-14-6-4-12(5-7-14)19(22)20(23)18-15-11-17(26-3)16(25-2)10-13(15)8-9-21-18/h4-11,20,23H,1-3H3. The summed E-state index contributed by atoms with van der Waals surface area (Å²) in [5.41, 5.74) is 0.641.